The van der Waals surface area contributed by atoms with E-state index < -0.39 is 5.97 Å². The van der Waals surface area contributed by atoms with E-state index in [1.807, 2.05) is 0 Å². The average molecular weight is 355 g/mol. The number of aromatic carboxylic acids is 1. The Balaban J connectivity index is 1.81. The van der Waals surface area contributed by atoms with Gasteiger partial charge < -0.3 is 14.7 Å². The van der Waals surface area contributed by atoms with Gasteiger partial charge in [0.1, 0.15) is 6.61 Å². The summed E-state index contributed by atoms with van der Waals surface area (Å²) in [6, 6.07) is 6.80. The maximum Gasteiger partial charge on any atom is 0.336 e. The van der Waals surface area contributed by atoms with Crippen molar-refractivity contribution in [2.45, 2.75) is 12.8 Å². The van der Waals surface area contributed by atoms with Crippen LogP contribution < -0.4 is 0 Å². The zero-order valence-electron chi connectivity index (χ0n) is 14.6. The summed E-state index contributed by atoms with van der Waals surface area (Å²) in [6.07, 6.45) is 4.71. The number of likely N-dealkylation sites (tertiary alicyclic amines) is 1. The standard InChI is InChI=1S/C19H21N3O4/c1-26-12-17(23)22-9-6-13(11-22)10-16-18(21-8-7-20-16)14-4-2-3-5-15(14)19(24)25/h2-5,7-8,13H,6,9-12H2,1H3,(H,24,25)/t13-/m1/s1. The first-order chi connectivity index (χ1) is 12.6. The molecule has 0 saturated carbocycles. The van der Waals surface area contributed by atoms with Crippen LogP contribution in [0.15, 0.2) is 36.7 Å². The second kappa shape index (κ2) is 8.05. The molecule has 0 bridgehead atoms. The highest BCUT2D eigenvalue weighted by Gasteiger charge is 2.27. The Kier molecular flexibility index (Phi) is 5.58. The van der Waals surface area contributed by atoms with Gasteiger partial charge in [-0.2, -0.15) is 0 Å². The van der Waals surface area contributed by atoms with Crippen LogP contribution in [0.2, 0.25) is 0 Å². The van der Waals surface area contributed by atoms with Gasteiger partial charge in [0, 0.05) is 38.2 Å². The molecule has 0 radical (unpaired) electrons. The van der Waals surface area contributed by atoms with Crippen LogP contribution in [-0.4, -0.2) is 58.7 Å². The van der Waals surface area contributed by atoms with E-state index in [-0.39, 0.29) is 24.0 Å². The maximum absolute atomic E-state index is 12.0. The molecule has 0 aliphatic carbocycles. The Labute approximate surface area is 151 Å². The van der Waals surface area contributed by atoms with Crippen molar-refractivity contribution in [3.63, 3.8) is 0 Å². The fourth-order valence-electron chi connectivity index (χ4n) is 3.33. The zero-order valence-corrected chi connectivity index (χ0v) is 14.6. The molecule has 7 nitrogen and oxygen atoms in total. The summed E-state index contributed by atoms with van der Waals surface area (Å²) in [6.45, 7) is 1.45. The van der Waals surface area contributed by atoms with E-state index in [1.165, 1.54) is 7.11 Å². The van der Waals surface area contributed by atoms with E-state index >= 15 is 0 Å². The normalized spacial score (nSPS) is 16.7. The minimum Gasteiger partial charge on any atom is -0.478 e. The van der Waals surface area contributed by atoms with Crippen molar-refractivity contribution >= 4 is 11.9 Å². The van der Waals surface area contributed by atoms with Gasteiger partial charge in [-0.15, -0.1) is 0 Å². The van der Waals surface area contributed by atoms with Crippen LogP contribution in [0.4, 0.5) is 0 Å². The molecule has 3 rings (SSSR count). The summed E-state index contributed by atoms with van der Waals surface area (Å²) >= 11 is 0. The number of carboxylic acid groups (broad SMARTS) is 1. The van der Waals surface area contributed by atoms with Crippen LogP contribution in [0.5, 0.6) is 0 Å². The number of benzene rings is 1. The number of ether oxygens (including phenoxy) is 1. The van der Waals surface area contributed by atoms with Gasteiger partial charge in [-0.05, 0) is 24.8 Å². The van der Waals surface area contributed by atoms with Crippen molar-refractivity contribution in [3.05, 3.63) is 47.9 Å². The minimum absolute atomic E-state index is 0.00871. The summed E-state index contributed by atoms with van der Waals surface area (Å²) in [5, 5.41) is 9.44. The monoisotopic (exact) mass is 355 g/mol. The first-order valence-corrected chi connectivity index (χ1v) is 8.49. The third kappa shape index (κ3) is 3.88. The molecule has 1 N–H and O–H groups in total. The van der Waals surface area contributed by atoms with Gasteiger partial charge in [0.25, 0.3) is 0 Å². The van der Waals surface area contributed by atoms with Gasteiger partial charge in [0.15, 0.2) is 0 Å². The number of carboxylic acids is 1. The molecule has 2 heterocycles. The highest BCUT2D eigenvalue weighted by atomic mass is 16.5. The Morgan fingerprint density at radius 2 is 2.04 bits per heavy atom. The molecular formula is C19H21N3O4. The first kappa shape index (κ1) is 18.0. The Morgan fingerprint density at radius 3 is 2.81 bits per heavy atom. The summed E-state index contributed by atoms with van der Waals surface area (Å²) in [4.78, 5) is 34.1. The predicted molar refractivity (Wildman–Crippen MR) is 94.7 cm³/mol. The lowest BCUT2D eigenvalue weighted by molar-refractivity contribution is -0.134. The highest BCUT2D eigenvalue weighted by molar-refractivity contribution is 5.95. The number of amides is 1. The third-order valence-corrected chi connectivity index (χ3v) is 4.58. The summed E-state index contributed by atoms with van der Waals surface area (Å²) in [5.74, 6) is -0.733. The zero-order chi connectivity index (χ0) is 18.5. The molecular weight excluding hydrogens is 334 g/mol. The minimum atomic E-state index is -0.991. The fourth-order valence-corrected chi connectivity index (χ4v) is 3.33. The molecule has 1 aromatic heterocycles. The van der Waals surface area contributed by atoms with Crippen molar-refractivity contribution in [2.75, 3.05) is 26.8 Å². The van der Waals surface area contributed by atoms with Crippen LogP contribution in [-0.2, 0) is 16.0 Å². The summed E-state index contributed by atoms with van der Waals surface area (Å²) < 4.78 is 4.91. The molecule has 2 aromatic rings. The maximum atomic E-state index is 12.0. The molecule has 1 aliphatic rings. The van der Waals surface area contributed by atoms with Gasteiger partial charge in [-0.1, -0.05) is 18.2 Å². The second-order valence-corrected chi connectivity index (χ2v) is 6.33. The number of aromatic nitrogens is 2. The third-order valence-electron chi connectivity index (χ3n) is 4.58. The first-order valence-electron chi connectivity index (χ1n) is 8.49. The largest absolute Gasteiger partial charge is 0.478 e. The number of rotatable bonds is 6. The molecule has 1 aromatic carbocycles. The van der Waals surface area contributed by atoms with E-state index in [1.54, 1.807) is 41.6 Å². The molecule has 0 spiro atoms. The Morgan fingerprint density at radius 1 is 1.27 bits per heavy atom. The molecule has 1 atom stereocenters. The topological polar surface area (TPSA) is 92.6 Å². The second-order valence-electron chi connectivity index (χ2n) is 6.33. The van der Waals surface area contributed by atoms with E-state index in [0.717, 1.165) is 12.1 Å². The van der Waals surface area contributed by atoms with Gasteiger partial charge in [0.2, 0.25) is 5.91 Å². The number of hydrogen-bond acceptors (Lipinski definition) is 5. The van der Waals surface area contributed by atoms with Crippen LogP contribution >= 0.6 is 0 Å². The van der Waals surface area contributed by atoms with Crippen molar-refractivity contribution in [2.24, 2.45) is 5.92 Å². The number of methoxy groups -OCH3 is 1. The van der Waals surface area contributed by atoms with Crippen molar-refractivity contribution in [1.82, 2.24) is 14.9 Å². The van der Waals surface area contributed by atoms with E-state index in [4.69, 9.17) is 4.74 Å². The molecule has 0 unspecified atom stereocenters. The van der Waals surface area contributed by atoms with Crippen molar-refractivity contribution < 1.29 is 19.4 Å². The van der Waals surface area contributed by atoms with Crippen LogP contribution in [0.3, 0.4) is 0 Å². The highest BCUT2D eigenvalue weighted by Crippen LogP contribution is 2.28. The molecule has 1 fully saturated rings. The number of nitrogens with zero attached hydrogens (tertiary/aromatic N) is 3. The number of carbonyl (C=O) groups is 2. The smallest absolute Gasteiger partial charge is 0.336 e. The van der Waals surface area contributed by atoms with E-state index in [9.17, 15) is 14.7 Å². The Hall–Kier alpha value is -2.80. The van der Waals surface area contributed by atoms with Gasteiger partial charge >= 0.3 is 5.97 Å². The van der Waals surface area contributed by atoms with Crippen LogP contribution in [0, 0.1) is 5.92 Å². The van der Waals surface area contributed by atoms with Gasteiger partial charge in [-0.25, -0.2) is 4.79 Å². The molecule has 1 saturated heterocycles. The quantitative estimate of drug-likeness (QED) is 0.850. The predicted octanol–water partition coefficient (Wildman–Crippen LogP) is 1.88. The molecule has 1 amide bonds. The molecule has 7 heteroatoms. The lowest BCUT2D eigenvalue weighted by Crippen LogP contribution is -2.31. The lowest BCUT2D eigenvalue weighted by atomic mass is 9.96. The molecule has 1 aliphatic heterocycles. The molecule has 136 valence electrons. The van der Waals surface area contributed by atoms with Gasteiger partial charge in [0.05, 0.1) is 17.0 Å². The molecule has 26 heavy (non-hydrogen) atoms. The SMILES string of the molecule is COCC(=O)N1CC[C@H](Cc2nccnc2-c2ccccc2C(=O)O)C1. The number of carbonyl (C=O) groups excluding carboxylic acids is 1. The lowest BCUT2D eigenvalue weighted by Gasteiger charge is -2.16. The van der Waals surface area contributed by atoms with Crippen molar-refractivity contribution in [3.8, 4) is 11.3 Å². The summed E-state index contributed by atoms with van der Waals surface area (Å²) in [5.41, 5.74) is 2.12. The Bertz CT molecular complexity index is 809. The average Bonchev–Trinajstić information content (AvgIpc) is 3.11. The fraction of sp³-hybridized carbons (Fsp3) is 0.368. The van der Waals surface area contributed by atoms with E-state index in [2.05, 4.69) is 9.97 Å². The van der Waals surface area contributed by atoms with E-state index in [0.29, 0.717) is 30.8 Å². The number of hydrogen-bond donors (Lipinski definition) is 1. The van der Waals surface area contributed by atoms with Crippen molar-refractivity contribution in [1.29, 1.82) is 0 Å². The van der Waals surface area contributed by atoms with Gasteiger partial charge in [-0.3, -0.25) is 14.8 Å². The summed E-state index contributed by atoms with van der Waals surface area (Å²) in [7, 11) is 1.51. The van der Waals surface area contributed by atoms with Crippen LogP contribution in [0.25, 0.3) is 11.3 Å². The van der Waals surface area contributed by atoms with Crippen LogP contribution in [0.1, 0.15) is 22.5 Å².